The number of nitrogens with zero attached hydrogens (tertiary/aromatic N) is 1. The number of hydrogen-bond acceptors (Lipinski definition) is 4. The van der Waals surface area contributed by atoms with Crippen molar-refractivity contribution in [3.8, 4) is 11.5 Å². The van der Waals surface area contributed by atoms with Gasteiger partial charge in [0.15, 0.2) is 5.76 Å². The summed E-state index contributed by atoms with van der Waals surface area (Å²) in [6.07, 6.45) is 2.61. The van der Waals surface area contributed by atoms with Crippen molar-refractivity contribution in [2.75, 3.05) is 18.4 Å². The zero-order chi connectivity index (χ0) is 15.6. The standard InChI is InChI=1S/C15H15F2N3O2/c16-15(17)7-10(8-18-9-15)14(21)20-11-3-4-19-12(6-11)13-2-1-5-22-13/h1-6,10,18H,7-9H2,(H,19,20,21). The number of alkyl halides is 2. The molecule has 1 unspecified atom stereocenters. The summed E-state index contributed by atoms with van der Waals surface area (Å²) in [5.74, 6) is -3.47. The second-order valence-corrected chi connectivity index (χ2v) is 5.28. The molecular formula is C15H15F2N3O2. The third-order valence-electron chi connectivity index (χ3n) is 3.49. The minimum atomic E-state index is -2.85. The number of furan rings is 1. The van der Waals surface area contributed by atoms with E-state index in [0.29, 0.717) is 17.1 Å². The van der Waals surface area contributed by atoms with Gasteiger partial charge in [0.1, 0.15) is 5.69 Å². The molecule has 7 heteroatoms. The van der Waals surface area contributed by atoms with Gasteiger partial charge in [0, 0.05) is 24.8 Å². The third kappa shape index (κ3) is 3.30. The van der Waals surface area contributed by atoms with Gasteiger partial charge in [-0.2, -0.15) is 0 Å². The van der Waals surface area contributed by atoms with Crippen LogP contribution in [0.4, 0.5) is 14.5 Å². The Morgan fingerprint density at radius 3 is 3.05 bits per heavy atom. The minimum Gasteiger partial charge on any atom is -0.463 e. The van der Waals surface area contributed by atoms with E-state index in [9.17, 15) is 13.6 Å². The van der Waals surface area contributed by atoms with Crippen LogP contribution in [0.25, 0.3) is 11.5 Å². The van der Waals surface area contributed by atoms with Gasteiger partial charge in [0.2, 0.25) is 5.91 Å². The summed E-state index contributed by atoms with van der Waals surface area (Å²) in [6.45, 7) is -0.133. The van der Waals surface area contributed by atoms with Gasteiger partial charge in [-0.3, -0.25) is 9.78 Å². The molecule has 1 fully saturated rings. The van der Waals surface area contributed by atoms with E-state index >= 15 is 0 Å². The lowest BCUT2D eigenvalue weighted by Crippen LogP contribution is -2.47. The van der Waals surface area contributed by atoms with Crippen LogP contribution in [0.1, 0.15) is 6.42 Å². The van der Waals surface area contributed by atoms with Gasteiger partial charge in [-0.25, -0.2) is 8.78 Å². The van der Waals surface area contributed by atoms with E-state index in [1.165, 1.54) is 12.5 Å². The fourth-order valence-corrected chi connectivity index (χ4v) is 2.43. The van der Waals surface area contributed by atoms with Gasteiger partial charge < -0.3 is 15.1 Å². The van der Waals surface area contributed by atoms with Crippen LogP contribution in [0.3, 0.4) is 0 Å². The number of rotatable bonds is 3. The van der Waals surface area contributed by atoms with Crippen molar-refractivity contribution in [2.45, 2.75) is 12.3 Å². The quantitative estimate of drug-likeness (QED) is 0.914. The Bertz CT molecular complexity index is 659. The SMILES string of the molecule is O=C(Nc1ccnc(-c2ccco2)c1)C1CNCC(F)(F)C1. The van der Waals surface area contributed by atoms with Crippen molar-refractivity contribution in [3.05, 3.63) is 36.7 Å². The number of amides is 1. The highest BCUT2D eigenvalue weighted by Gasteiger charge is 2.39. The maximum Gasteiger partial charge on any atom is 0.261 e. The second-order valence-electron chi connectivity index (χ2n) is 5.28. The number of pyridine rings is 1. The molecule has 0 saturated carbocycles. The molecule has 1 aliphatic heterocycles. The van der Waals surface area contributed by atoms with E-state index in [4.69, 9.17) is 4.42 Å². The molecule has 1 saturated heterocycles. The lowest BCUT2D eigenvalue weighted by atomic mass is 9.96. The number of hydrogen-bond donors (Lipinski definition) is 2. The van der Waals surface area contributed by atoms with Crippen molar-refractivity contribution < 1.29 is 18.0 Å². The average Bonchev–Trinajstić information content (AvgIpc) is 3.00. The van der Waals surface area contributed by atoms with Gasteiger partial charge in [0.05, 0.1) is 18.7 Å². The topological polar surface area (TPSA) is 67.2 Å². The molecule has 1 aliphatic rings. The molecule has 3 heterocycles. The number of carbonyl (C=O) groups excluding carboxylic acids is 1. The first-order chi connectivity index (χ1) is 10.5. The summed E-state index contributed by atoms with van der Waals surface area (Å²) in [5.41, 5.74) is 1.06. The van der Waals surface area contributed by atoms with E-state index in [0.717, 1.165) is 0 Å². The van der Waals surface area contributed by atoms with Crippen LogP contribution >= 0.6 is 0 Å². The zero-order valence-corrected chi connectivity index (χ0v) is 11.7. The number of piperidine rings is 1. The van der Waals surface area contributed by atoms with Crippen molar-refractivity contribution in [3.63, 3.8) is 0 Å². The summed E-state index contributed by atoms with van der Waals surface area (Å²) in [7, 11) is 0. The van der Waals surface area contributed by atoms with Gasteiger partial charge in [-0.05, 0) is 24.3 Å². The molecule has 0 radical (unpaired) electrons. The van der Waals surface area contributed by atoms with Crippen molar-refractivity contribution in [1.82, 2.24) is 10.3 Å². The van der Waals surface area contributed by atoms with Crippen LogP contribution in [-0.2, 0) is 4.79 Å². The van der Waals surface area contributed by atoms with Crippen molar-refractivity contribution >= 4 is 11.6 Å². The highest BCUT2D eigenvalue weighted by Crippen LogP contribution is 2.27. The maximum atomic E-state index is 13.3. The molecule has 116 valence electrons. The zero-order valence-electron chi connectivity index (χ0n) is 11.7. The molecule has 1 amide bonds. The highest BCUT2D eigenvalue weighted by atomic mass is 19.3. The van der Waals surface area contributed by atoms with Gasteiger partial charge >= 0.3 is 0 Å². The summed E-state index contributed by atoms with van der Waals surface area (Å²) in [6, 6.07) is 6.74. The molecule has 2 N–H and O–H groups in total. The summed E-state index contributed by atoms with van der Waals surface area (Å²) in [4.78, 5) is 16.3. The van der Waals surface area contributed by atoms with Crippen LogP contribution in [0.2, 0.25) is 0 Å². The number of nitrogens with one attached hydrogen (secondary N) is 2. The van der Waals surface area contributed by atoms with E-state index in [-0.39, 0.29) is 13.1 Å². The molecule has 1 atom stereocenters. The van der Waals surface area contributed by atoms with Crippen LogP contribution in [0.15, 0.2) is 41.1 Å². The maximum absolute atomic E-state index is 13.3. The predicted octanol–water partition coefficient (Wildman–Crippen LogP) is 2.52. The van der Waals surface area contributed by atoms with Crippen molar-refractivity contribution in [2.24, 2.45) is 5.92 Å². The summed E-state index contributed by atoms with van der Waals surface area (Å²) < 4.78 is 31.9. The fourth-order valence-electron chi connectivity index (χ4n) is 2.43. The molecular weight excluding hydrogens is 292 g/mol. The molecule has 5 nitrogen and oxygen atoms in total. The first-order valence-corrected chi connectivity index (χ1v) is 6.93. The molecule has 0 aromatic carbocycles. The highest BCUT2D eigenvalue weighted by molar-refractivity contribution is 5.93. The van der Waals surface area contributed by atoms with Crippen LogP contribution < -0.4 is 10.6 Å². The van der Waals surface area contributed by atoms with Crippen LogP contribution in [0.5, 0.6) is 0 Å². The van der Waals surface area contributed by atoms with Gasteiger partial charge in [-0.15, -0.1) is 0 Å². The van der Waals surface area contributed by atoms with Crippen LogP contribution in [-0.4, -0.2) is 29.9 Å². The number of anilines is 1. The van der Waals surface area contributed by atoms with E-state index < -0.39 is 24.2 Å². The molecule has 0 bridgehead atoms. The first kappa shape index (κ1) is 14.6. The molecule has 2 aromatic heterocycles. The first-order valence-electron chi connectivity index (χ1n) is 6.93. The van der Waals surface area contributed by atoms with E-state index in [1.54, 1.807) is 24.3 Å². The average molecular weight is 307 g/mol. The Morgan fingerprint density at radius 2 is 2.32 bits per heavy atom. The van der Waals surface area contributed by atoms with Gasteiger partial charge in [-0.1, -0.05) is 0 Å². The normalized spacial score (nSPS) is 20.5. The molecule has 0 aliphatic carbocycles. The fraction of sp³-hybridized carbons (Fsp3) is 0.333. The lowest BCUT2D eigenvalue weighted by molar-refractivity contribution is -0.125. The van der Waals surface area contributed by atoms with Crippen molar-refractivity contribution in [1.29, 1.82) is 0 Å². The smallest absolute Gasteiger partial charge is 0.261 e. The monoisotopic (exact) mass is 307 g/mol. The lowest BCUT2D eigenvalue weighted by Gasteiger charge is -2.28. The largest absolute Gasteiger partial charge is 0.463 e. The molecule has 22 heavy (non-hydrogen) atoms. The van der Waals surface area contributed by atoms with E-state index in [1.807, 2.05) is 0 Å². The predicted molar refractivity (Wildman–Crippen MR) is 76.5 cm³/mol. The third-order valence-corrected chi connectivity index (χ3v) is 3.49. The molecule has 0 spiro atoms. The molecule has 3 rings (SSSR count). The molecule has 2 aromatic rings. The van der Waals surface area contributed by atoms with Crippen LogP contribution in [0, 0.1) is 5.92 Å². The Labute approximate surface area is 125 Å². The number of aromatic nitrogens is 1. The minimum absolute atomic E-state index is 0.248. The second kappa shape index (κ2) is 5.84. The Kier molecular flexibility index (Phi) is 3.89. The van der Waals surface area contributed by atoms with Gasteiger partial charge in [0.25, 0.3) is 5.92 Å². The summed E-state index contributed by atoms with van der Waals surface area (Å²) in [5, 5.41) is 5.25. The Balaban J connectivity index is 1.70. The van der Waals surface area contributed by atoms with E-state index in [2.05, 4.69) is 15.6 Å². The number of carbonyl (C=O) groups is 1. The number of halogens is 2. The summed E-state index contributed by atoms with van der Waals surface area (Å²) >= 11 is 0. The Hall–Kier alpha value is -2.28. The Morgan fingerprint density at radius 1 is 1.45 bits per heavy atom.